The Morgan fingerprint density at radius 3 is 2.80 bits per heavy atom. The molecule has 0 aliphatic heterocycles. The van der Waals surface area contributed by atoms with Crippen LogP contribution in [0.5, 0.6) is 5.75 Å². The zero-order valence-electron chi connectivity index (χ0n) is 8.37. The monoisotopic (exact) mass is 272 g/mol. The summed E-state index contributed by atoms with van der Waals surface area (Å²) in [5.41, 5.74) is 2.08. The van der Waals surface area contributed by atoms with Gasteiger partial charge in [0, 0.05) is 0 Å². The zero-order valence-corrected chi connectivity index (χ0v) is 9.95. The Labute approximate surface area is 96.9 Å². The minimum atomic E-state index is -0.561. The molecule has 0 aliphatic rings. The van der Waals surface area contributed by atoms with Gasteiger partial charge in [0.05, 0.1) is 4.47 Å². The highest BCUT2D eigenvalue weighted by Gasteiger charge is 2.17. The van der Waals surface area contributed by atoms with Crippen LogP contribution in [0.25, 0.3) is 0 Å². The third kappa shape index (κ3) is 3.21. The SMILES string of the molecule is CCC(Oc1ccccc1Br)C(=O)NN. The Hall–Kier alpha value is -1.07. The van der Waals surface area contributed by atoms with E-state index in [0.717, 1.165) is 4.47 Å². The van der Waals surface area contributed by atoms with Crippen molar-refractivity contribution in [1.82, 2.24) is 5.43 Å². The molecule has 0 aromatic heterocycles. The fourth-order valence-electron chi connectivity index (χ4n) is 1.11. The maximum absolute atomic E-state index is 11.3. The van der Waals surface area contributed by atoms with Gasteiger partial charge in [-0.25, -0.2) is 5.84 Å². The summed E-state index contributed by atoms with van der Waals surface area (Å²) in [4.78, 5) is 11.3. The molecule has 4 nitrogen and oxygen atoms in total. The first kappa shape index (κ1) is 12.0. The topological polar surface area (TPSA) is 64.3 Å². The van der Waals surface area contributed by atoms with Crippen LogP contribution in [0.2, 0.25) is 0 Å². The number of carbonyl (C=O) groups excluding carboxylic acids is 1. The van der Waals surface area contributed by atoms with Gasteiger partial charge < -0.3 is 4.74 Å². The van der Waals surface area contributed by atoms with Gasteiger partial charge in [-0.1, -0.05) is 19.1 Å². The summed E-state index contributed by atoms with van der Waals surface area (Å²) in [7, 11) is 0. The van der Waals surface area contributed by atoms with E-state index in [4.69, 9.17) is 10.6 Å². The normalized spacial score (nSPS) is 11.9. The van der Waals surface area contributed by atoms with E-state index in [1.54, 1.807) is 6.07 Å². The highest BCUT2D eigenvalue weighted by atomic mass is 79.9. The summed E-state index contributed by atoms with van der Waals surface area (Å²) in [6.07, 6.45) is -0.00150. The van der Waals surface area contributed by atoms with Crippen LogP contribution in [0.3, 0.4) is 0 Å². The van der Waals surface area contributed by atoms with Crippen molar-refractivity contribution in [3.63, 3.8) is 0 Å². The zero-order chi connectivity index (χ0) is 11.3. The Morgan fingerprint density at radius 2 is 2.27 bits per heavy atom. The summed E-state index contributed by atoms with van der Waals surface area (Å²) in [5, 5.41) is 0. The number of halogens is 1. The molecule has 82 valence electrons. The predicted octanol–water partition coefficient (Wildman–Crippen LogP) is 1.60. The number of nitrogens with two attached hydrogens (primary N) is 1. The minimum absolute atomic E-state index is 0.326. The Kier molecular flexibility index (Phi) is 4.58. The van der Waals surface area contributed by atoms with Gasteiger partial charge in [-0.2, -0.15) is 0 Å². The predicted molar refractivity (Wildman–Crippen MR) is 61.2 cm³/mol. The Balaban J connectivity index is 2.75. The van der Waals surface area contributed by atoms with Crippen LogP contribution in [0, 0.1) is 0 Å². The maximum Gasteiger partial charge on any atom is 0.274 e. The molecule has 3 N–H and O–H groups in total. The lowest BCUT2D eigenvalue weighted by Gasteiger charge is -2.16. The molecule has 1 aromatic carbocycles. The van der Waals surface area contributed by atoms with Crippen LogP contribution >= 0.6 is 15.9 Å². The molecule has 1 aromatic rings. The number of carbonyl (C=O) groups is 1. The lowest BCUT2D eigenvalue weighted by molar-refractivity contribution is -0.128. The third-order valence-electron chi connectivity index (χ3n) is 1.91. The van der Waals surface area contributed by atoms with Crippen molar-refractivity contribution in [2.45, 2.75) is 19.4 Å². The highest BCUT2D eigenvalue weighted by molar-refractivity contribution is 9.10. The van der Waals surface area contributed by atoms with Gasteiger partial charge in [-0.15, -0.1) is 0 Å². The Morgan fingerprint density at radius 1 is 1.60 bits per heavy atom. The van der Waals surface area contributed by atoms with E-state index < -0.39 is 6.10 Å². The number of benzene rings is 1. The number of ether oxygens (including phenoxy) is 1. The number of para-hydroxylation sites is 1. The third-order valence-corrected chi connectivity index (χ3v) is 2.57. The molecule has 0 radical (unpaired) electrons. The smallest absolute Gasteiger partial charge is 0.274 e. The van der Waals surface area contributed by atoms with Crippen molar-refractivity contribution in [3.8, 4) is 5.75 Å². The lowest BCUT2D eigenvalue weighted by atomic mass is 10.2. The molecule has 0 saturated heterocycles. The maximum atomic E-state index is 11.3. The van der Waals surface area contributed by atoms with E-state index in [-0.39, 0.29) is 5.91 Å². The van der Waals surface area contributed by atoms with E-state index >= 15 is 0 Å². The van der Waals surface area contributed by atoms with Crippen molar-refractivity contribution in [3.05, 3.63) is 28.7 Å². The van der Waals surface area contributed by atoms with E-state index in [9.17, 15) is 4.79 Å². The van der Waals surface area contributed by atoms with Crippen molar-refractivity contribution in [2.24, 2.45) is 5.84 Å². The Bertz CT molecular complexity index is 344. The molecule has 1 rings (SSSR count). The van der Waals surface area contributed by atoms with Crippen LogP contribution in [-0.4, -0.2) is 12.0 Å². The van der Waals surface area contributed by atoms with Crippen molar-refractivity contribution in [2.75, 3.05) is 0 Å². The second-order valence-electron chi connectivity index (χ2n) is 2.95. The number of nitrogens with one attached hydrogen (secondary N) is 1. The highest BCUT2D eigenvalue weighted by Crippen LogP contribution is 2.25. The molecule has 0 aliphatic carbocycles. The fraction of sp³-hybridized carbons (Fsp3) is 0.300. The molecule has 0 fully saturated rings. The number of hydrogen-bond acceptors (Lipinski definition) is 3. The first-order valence-corrected chi connectivity index (χ1v) is 5.40. The van der Waals surface area contributed by atoms with E-state index in [2.05, 4.69) is 21.4 Å². The van der Waals surface area contributed by atoms with Gasteiger partial charge in [0.2, 0.25) is 0 Å². The molecule has 0 spiro atoms. The van der Waals surface area contributed by atoms with Crippen LogP contribution in [0.1, 0.15) is 13.3 Å². The van der Waals surface area contributed by atoms with Gasteiger partial charge in [0.1, 0.15) is 5.75 Å². The minimum Gasteiger partial charge on any atom is -0.479 e. The summed E-state index contributed by atoms with van der Waals surface area (Å²) in [6.45, 7) is 1.86. The number of rotatable bonds is 4. The van der Waals surface area contributed by atoms with Crippen LogP contribution in [0.15, 0.2) is 28.7 Å². The average molecular weight is 273 g/mol. The van der Waals surface area contributed by atoms with E-state index in [1.165, 1.54) is 0 Å². The van der Waals surface area contributed by atoms with E-state index in [1.807, 2.05) is 25.1 Å². The number of hydrogen-bond donors (Lipinski definition) is 2. The molecule has 5 heteroatoms. The summed E-state index contributed by atoms with van der Waals surface area (Å²) >= 11 is 3.34. The summed E-state index contributed by atoms with van der Waals surface area (Å²) < 4.78 is 6.32. The molecule has 0 saturated carbocycles. The standard InChI is InChI=1S/C10H13BrN2O2/c1-2-8(10(14)13-12)15-9-6-4-3-5-7(9)11/h3-6,8H,2,12H2,1H3,(H,13,14). The first-order valence-electron chi connectivity index (χ1n) is 4.60. The quantitative estimate of drug-likeness (QED) is 0.497. The van der Waals surface area contributed by atoms with Crippen molar-refractivity contribution in [1.29, 1.82) is 0 Å². The molecule has 0 bridgehead atoms. The lowest BCUT2D eigenvalue weighted by Crippen LogP contribution is -2.41. The molecule has 1 amide bonds. The molecule has 1 unspecified atom stereocenters. The van der Waals surface area contributed by atoms with Gasteiger partial charge >= 0.3 is 0 Å². The van der Waals surface area contributed by atoms with Crippen molar-refractivity contribution >= 4 is 21.8 Å². The molecule has 15 heavy (non-hydrogen) atoms. The largest absolute Gasteiger partial charge is 0.479 e. The number of amides is 1. The molecule has 1 atom stereocenters. The number of hydrazine groups is 1. The van der Waals surface area contributed by atoms with Gasteiger partial charge in [0.15, 0.2) is 6.10 Å². The first-order chi connectivity index (χ1) is 7.19. The van der Waals surface area contributed by atoms with Crippen molar-refractivity contribution < 1.29 is 9.53 Å². The van der Waals surface area contributed by atoms with Gasteiger partial charge in [0.25, 0.3) is 5.91 Å². The summed E-state index contributed by atoms with van der Waals surface area (Å²) in [6, 6.07) is 7.35. The molecular formula is C10H13BrN2O2. The molecular weight excluding hydrogens is 260 g/mol. The van der Waals surface area contributed by atoms with E-state index in [0.29, 0.717) is 12.2 Å². The second kappa shape index (κ2) is 5.72. The van der Waals surface area contributed by atoms with Crippen LogP contribution in [-0.2, 0) is 4.79 Å². The van der Waals surface area contributed by atoms with Crippen LogP contribution < -0.4 is 16.0 Å². The van der Waals surface area contributed by atoms with Crippen LogP contribution in [0.4, 0.5) is 0 Å². The second-order valence-corrected chi connectivity index (χ2v) is 3.81. The van der Waals surface area contributed by atoms with Gasteiger partial charge in [-0.3, -0.25) is 10.2 Å². The van der Waals surface area contributed by atoms with Gasteiger partial charge in [-0.05, 0) is 34.5 Å². The summed E-state index contributed by atoms with van der Waals surface area (Å²) in [5.74, 6) is 5.36. The molecule has 0 heterocycles. The fourth-order valence-corrected chi connectivity index (χ4v) is 1.49. The average Bonchev–Trinajstić information content (AvgIpc) is 2.27.